The van der Waals surface area contributed by atoms with Gasteiger partial charge in [0.15, 0.2) is 0 Å². The van der Waals surface area contributed by atoms with Crippen molar-refractivity contribution in [3.63, 3.8) is 0 Å². The van der Waals surface area contributed by atoms with E-state index in [-0.39, 0.29) is 18.2 Å². The molecule has 3 aliphatic rings. The molecule has 1 saturated heterocycles. The number of carbonyl (C=O) groups is 1. The van der Waals surface area contributed by atoms with E-state index in [0.29, 0.717) is 24.4 Å². The molecule has 2 atom stereocenters. The van der Waals surface area contributed by atoms with E-state index in [9.17, 15) is 4.79 Å². The molecule has 25 heavy (non-hydrogen) atoms. The SMILES string of the molecule is O=C(NCc1ccnc(OC2CCCC2)c1)N[C@H]1CCO[C@H]1C1CC1. The van der Waals surface area contributed by atoms with Crippen molar-refractivity contribution in [1.82, 2.24) is 15.6 Å². The summed E-state index contributed by atoms with van der Waals surface area (Å²) in [6.07, 6.45) is 10.3. The number of hydrogen-bond donors (Lipinski definition) is 2. The molecule has 1 aliphatic heterocycles. The summed E-state index contributed by atoms with van der Waals surface area (Å²) in [5.41, 5.74) is 1.000. The number of urea groups is 1. The van der Waals surface area contributed by atoms with Crippen LogP contribution in [0.1, 0.15) is 50.5 Å². The Morgan fingerprint density at radius 1 is 1.24 bits per heavy atom. The molecule has 2 heterocycles. The van der Waals surface area contributed by atoms with E-state index in [1.54, 1.807) is 6.20 Å². The molecule has 0 bridgehead atoms. The monoisotopic (exact) mass is 345 g/mol. The quantitative estimate of drug-likeness (QED) is 0.831. The minimum Gasteiger partial charge on any atom is -0.474 e. The number of ether oxygens (including phenoxy) is 2. The van der Waals surface area contributed by atoms with Crippen molar-refractivity contribution in [1.29, 1.82) is 0 Å². The highest BCUT2D eigenvalue weighted by atomic mass is 16.5. The van der Waals surface area contributed by atoms with Crippen LogP contribution in [0.3, 0.4) is 0 Å². The lowest BCUT2D eigenvalue weighted by atomic mass is 10.1. The average molecular weight is 345 g/mol. The van der Waals surface area contributed by atoms with Crippen molar-refractivity contribution in [3.8, 4) is 5.88 Å². The number of nitrogens with zero attached hydrogens (tertiary/aromatic N) is 1. The Morgan fingerprint density at radius 2 is 2.08 bits per heavy atom. The van der Waals surface area contributed by atoms with Crippen molar-refractivity contribution in [3.05, 3.63) is 23.9 Å². The summed E-state index contributed by atoms with van der Waals surface area (Å²) in [5, 5.41) is 6.01. The number of nitrogens with one attached hydrogen (secondary N) is 2. The summed E-state index contributed by atoms with van der Waals surface area (Å²) >= 11 is 0. The van der Waals surface area contributed by atoms with Gasteiger partial charge in [-0.3, -0.25) is 0 Å². The van der Waals surface area contributed by atoms with E-state index >= 15 is 0 Å². The second kappa shape index (κ2) is 7.60. The van der Waals surface area contributed by atoms with Crippen molar-refractivity contribution in [2.24, 2.45) is 5.92 Å². The van der Waals surface area contributed by atoms with Crippen LogP contribution in [-0.2, 0) is 11.3 Å². The van der Waals surface area contributed by atoms with E-state index in [1.165, 1.54) is 25.7 Å². The van der Waals surface area contributed by atoms with Gasteiger partial charge in [0.05, 0.1) is 12.1 Å². The summed E-state index contributed by atoms with van der Waals surface area (Å²) in [6.45, 7) is 1.22. The van der Waals surface area contributed by atoms with Crippen LogP contribution in [0, 0.1) is 5.92 Å². The summed E-state index contributed by atoms with van der Waals surface area (Å²) in [6, 6.07) is 3.85. The van der Waals surface area contributed by atoms with Crippen molar-refractivity contribution in [2.45, 2.75) is 69.7 Å². The zero-order valence-corrected chi connectivity index (χ0v) is 14.6. The highest BCUT2D eigenvalue weighted by molar-refractivity contribution is 5.74. The molecule has 2 N–H and O–H groups in total. The first-order chi connectivity index (χ1) is 12.3. The Labute approximate surface area is 148 Å². The smallest absolute Gasteiger partial charge is 0.315 e. The number of hydrogen-bond acceptors (Lipinski definition) is 4. The second-order valence-corrected chi connectivity index (χ2v) is 7.42. The van der Waals surface area contributed by atoms with Gasteiger partial charge >= 0.3 is 6.03 Å². The van der Waals surface area contributed by atoms with Crippen LogP contribution in [0.15, 0.2) is 18.3 Å². The van der Waals surface area contributed by atoms with Gasteiger partial charge in [-0.1, -0.05) is 0 Å². The molecule has 1 aromatic rings. The molecule has 0 unspecified atom stereocenters. The Hall–Kier alpha value is -1.82. The molecular weight excluding hydrogens is 318 g/mol. The van der Waals surface area contributed by atoms with E-state index < -0.39 is 0 Å². The van der Waals surface area contributed by atoms with Gasteiger partial charge in [-0.25, -0.2) is 9.78 Å². The van der Waals surface area contributed by atoms with E-state index in [1.807, 2.05) is 12.1 Å². The lowest BCUT2D eigenvalue weighted by Gasteiger charge is -2.19. The number of amides is 2. The first-order valence-electron chi connectivity index (χ1n) is 9.55. The van der Waals surface area contributed by atoms with Crippen molar-refractivity contribution >= 4 is 6.03 Å². The minimum absolute atomic E-state index is 0.128. The lowest BCUT2D eigenvalue weighted by Crippen LogP contribution is -2.46. The largest absolute Gasteiger partial charge is 0.474 e. The van der Waals surface area contributed by atoms with Crippen LogP contribution < -0.4 is 15.4 Å². The molecule has 6 nitrogen and oxygen atoms in total. The van der Waals surface area contributed by atoms with Gasteiger partial charge in [-0.2, -0.15) is 0 Å². The Morgan fingerprint density at radius 3 is 2.88 bits per heavy atom. The van der Waals surface area contributed by atoms with Gasteiger partial charge in [-0.15, -0.1) is 0 Å². The van der Waals surface area contributed by atoms with E-state index in [2.05, 4.69) is 15.6 Å². The molecule has 136 valence electrons. The molecule has 2 amide bonds. The highest BCUT2D eigenvalue weighted by Crippen LogP contribution is 2.38. The van der Waals surface area contributed by atoms with Crippen LogP contribution in [0.5, 0.6) is 5.88 Å². The summed E-state index contributed by atoms with van der Waals surface area (Å²) in [5.74, 6) is 1.30. The second-order valence-electron chi connectivity index (χ2n) is 7.42. The number of carbonyl (C=O) groups excluding carboxylic acids is 1. The van der Waals surface area contributed by atoms with E-state index in [0.717, 1.165) is 31.4 Å². The van der Waals surface area contributed by atoms with Gasteiger partial charge in [0.25, 0.3) is 0 Å². The van der Waals surface area contributed by atoms with Gasteiger partial charge in [0, 0.05) is 25.4 Å². The Kier molecular flexibility index (Phi) is 5.06. The van der Waals surface area contributed by atoms with E-state index in [4.69, 9.17) is 9.47 Å². The maximum atomic E-state index is 12.2. The third kappa shape index (κ3) is 4.42. The fourth-order valence-corrected chi connectivity index (χ4v) is 3.86. The molecule has 2 saturated carbocycles. The van der Waals surface area contributed by atoms with Crippen LogP contribution >= 0.6 is 0 Å². The first-order valence-corrected chi connectivity index (χ1v) is 9.55. The average Bonchev–Trinajstić information content (AvgIpc) is 3.13. The van der Waals surface area contributed by atoms with Gasteiger partial charge in [0.2, 0.25) is 5.88 Å². The molecule has 0 spiro atoms. The zero-order chi connectivity index (χ0) is 17.1. The minimum atomic E-state index is -0.128. The fourth-order valence-electron chi connectivity index (χ4n) is 3.86. The van der Waals surface area contributed by atoms with Crippen LogP contribution in [0.2, 0.25) is 0 Å². The number of aromatic nitrogens is 1. The third-order valence-corrected chi connectivity index (χ3v) is 5.38. The molecular formula is C19H27N3O3. The highest BCUT2D eigenvalue weighted by Gasteiger charge is 2.41. The predicted molar refractivity (Wildman–Crippen MR) is 93.4 cm³/mol. The topological polar surface area (TPSA) is 72.5 Å². The number of pyridine rings is 1. The molecule has 2 aliphatic carbocycles. The molecule has 3 fully saturated rings. The third-order valence-electron chi connectivity index (χ3n) is 5.38. The maximum Gasteiger partial charge on any atom is 0.315 e. The van der Waals surface area contributed by atoms with Crippen molar-refractivity contribution < 1.29 is 14.3 Å². The Bertz CT molecular complexity index is 599. The standard InChI is InChI=1S/C19H27N3O3/c23-19(22-16-8-10-24-18(16)14-5-6-14)21-12-13-7-9-20-17(11-13)25-15-3-1-2-4-15/h7,9,11,14-16,18H,1-6,8,10,12H2,(H2,21,22,23)/t16-,18-/m0/s1. The Balaban J connectivity index is 1.25. The predicted octanol–water partition coefficient (Wildman–Crippen LogP) is 2.77. The molecule has 0 radical (unpaired) electrons. The molecule has 1 aromatic heterocycles. The first kappa shape index (κ1) is 16.6. The lowest BCUT2D eigenvalue weighted by molar-refractivity contribution is 0.0825. The summed E-state index contributed by atoms with van der Waals surface area (Å²) < 4.78 is 11.7. The fraction of sp³-hybridized carbons (Fsp3) is 0.684. The summed E-state index contributed by atoms with van der Waals surface area (Å²) in [7, 11) is 0. The van der Waals surface area contributed by atoms with Crippen LogP contribution in [-0.4, -0.2) is 35.9 Å². The van der Waals surface area contributed by atoms with Crippen molar-refractivity contribution in [2.75, 3.05) is 6.61 Å². The number of rotatable bonds is 6. The normalized spacial score (nSPS) is 26.6. The molecule has 4 rings (SSSR count). The van der Waals surface area contributed by atoms with Gasteiger partial charge < -0.3 is 20.1 Å². The molecule has 6 heteroatoms. The van der Waals surface area contributed by atoms with Gasteiger partial charge in [0.1, 0.15) is 6.10 Å². The van der Waals surface area contributed by atoms with Gasteiger partial charge in [-0.05, 0) is 62.5 Å². The summed E-state index contributed by atoms with van der Waals surface area (Å²) in [4.78, 5) is 16.5. The van der Waals surface area contributed by atoms with Crippen LogP contribution in [0.4, 0.5) is 4.79 Å². The van der Waals surface area contributed by atoms with Crippen LogP contribution in [0.25, 0.3) is 0 Å². The maximum absolute atomic E-state index is 12.2. The zero-order valence-electron chi connectivity index (χ0n) is 14.6. The molecule has 0 aromatic carbocycles.